The van der Waals surface area contributed by atoms with Crippen molar-refractivity contribution in [2.75, 3.05) is 202 Å². The van der Waals surface area contributed by atoms with Crippen molar-refractivity contribution in [3.05, 3.63) is 103 Å². The van der Waals surface area contributed by atoms with E-state index < -0.39 is 135 Å². The monoisotopic (exact) mass is 2040 g/mol. The number of alkyl halides is 1. The molecule has 3 aromatic rings. The lowest BCUT2D eigenvalue weighted by Gasteiger charge is -2.36. The predicted octanol–water partition coefficient (Wildman–Crippen LogP) is 10.6. The van der Waals surface area contributed by atoms with Gasteiger partial charge in [0.05, 0.1) is 60.8 Å². The Kier molecular flexibility index (Phi) is 46.1. The number of para-hydroxylation sites is 3. The summed E-state index contributed by atoms with van der Waals surface area (Å²) in [5.74, 6) is 0.928. The lowest BCUT2D eigenvalue weighted by molar-refractivity contribution is -0.388. The van der Waals surface area contributed by atoms with Gasteiger partial charge < -0.3 is 42.6 Å². The van der Waals surface area contributed by atoms with Gasteiger partial charge in [0.15, 0.2) is 87.3 Å². The Morgan fingerprint density at radius 2 is 0.624 bits per heavy atom. The normalized spacial score (nSPS) is 17.9. The van der Waals surface area contributed by atoms with E-state index in [9.17, 15) is 89.3 Å². The van der Waals surface area contributed by atoms with Gasteiger partial charge >= 0.3 is 0 Å². The lowest BCUT2D eigenvalue weighted by atomic mass is 10.2. The van der Waals surface area contributed by atoms with Crippen molar-refractivity contribution >= 4 is 136 Å². The van der Waals surface area contributed by atoms with Crippen molar-refractivity contribution in [3.63, 3.8) is 0 Å². The number of sulfonamides is 3. The first-order valence-electron chi connectivity index (χ1n) is 42.4. The van der Waals surface area contributed by atoms with Crippen molar-refractivity contribution in [1.82, 2.24) is 38.2 Å². The average molecular weight is 2040 g/mol. The summed E-state index contributed by atoms with van der Waals surface area (Å²) in [6, 6.07) is 15.8. The smallest absolute Gasteiger partial charge is 0.289 e. The van der Waals surface area contributed by atoms with E-state index in [2.05, 4.69) is 166 Å². The van der Waals surface area contributed by atoms with E-state index in [1.54, 1.807) is 0 Å². The van der Waals surface area contributed by atoms with Gasteiger partial charge in [-0.25, -0.2) is 63.6 Å². The molecule has 4 fully saturated rings. The van der Waals surface area contributed by atoms with E-state index in [1.807, 2.05) is 14.7 Å². The van der Waals surface area contributed by atoms with Gasteiger partial charge in [-0.05, 0) is 123 Å². The van der Waals surface area contributed by atoms with Crippen molar-refractivity contribution < 1.29 is 91.4 Å². The van der Waals surface area contributed by atoms with Gasteiger partial charge in [-0.2, -0.15) is 8.61 Å². The quantitative estimate of drug-likeness (QED) is 0.0176. The molecule has 35 nitrogen and oxygen atoms in total. The van der Waals surface area contributed by atoms with Crippen LogP contribution in [-0.4, -0.2) is 337 Å². The number of nitrogens with zero attached hydrogens (tertiary/aromatic N) is 9. The third-order valence-corrected chi connectivity index (χ3v) is 54.6. The van der Waals surface area contributed by atoms with Gasteiger partial charge in [-0.1, -0.05) is 135 Å². The van der Waals surface area contributed by atoms with Crippen LogP contribution in [0.2, 0.25) is 72.5 Å². The van der Waals surface area contributed by atoms with Crippen molar-refractivity contribution in [2.45, 2.75) is 196 Å². The average Bonchev–Trinajstić information content (AvgIpc) is 0.753. The first-order chi connectivity index (χ1) is 57.2. The Morgan fingerprint density at radius 1 is 0.376 bits per heavy atom. The van der Waals surface area contributed by atoms with E-state index in [-0.39, 0.29) is 97.0 Å². The lowest BCUT2D eigenvalue weighted by Crippen LogP contribution is -2.45. The van der Waals surface area contributed by atoms with Crippen molar-refractivity contribution in [2.24, 2.45) is 0 Å². The topological polar surface area (TPSA) is 449 Å². The SMILES string of the molecule is CC(C)(C)[Si](C)(C)OCCCBr.CC(C)(C)[Si](C)(C)OCCCN(CCN1CCS(=O)(=O)CC1)S(=O)(=O)c1ccccc1[N+](=O)[O-].CC(C)(C)[Si](C)(C)OCCCN(CCN1CCS(=O)(=O)CC1)S(=O)(=O)c1ccccc1[N+](=O)[O-].CC(C)(C)[Si](C)(C)OCCCNCCN1CCS(=O)(=O)CC1.O=[N+]([O-])c1ccccc1S(=O)(=O)NCCN1CCS(=O)(=O)CC1. The molecule has 0 radical (unpaired) electrons. The van der Waals surface area contributed by atoms with Crippen LogP contribution >= 0.6 is 15.9 Å². The zero-order valence-corrected chi connectivity index (χ0v) is 88.7. The zero-order chi connectivity index (χ0) is 95.3. The Bertz CT molecular complexity index is 4550. The minimum atomic E-state index is -4.14. The molecule has 722 valence electrons. The van der Waals surface area contributed by atoms with Crippen LogP contribution in [0.3, 0.4) is 0 Å². The first kappa shape index (κ1) is 116. The summed E-state index contributed by atoms with van der Waals surface area (Å²) in [5.41, 5.74) is -1.41. The van der Waals surface area contributed by atoms with E-state index in [1.165, 1.54) is 75.3 Å². The maximum absolute atomic E-state index is 13.5. The highest BCUT2D eigenvalue weighted by molar-refractivity contribution is 9.09. The van der Waals surface area contributed by atoms with Gasteiger partial charge in [0.2, 0.25) is 30.1 Å². The second kappa shape index (κ2) is 49.9. The molecule has 3 aromatic carbocycles. The van der Waals surface area contributed by atoms with Crippen LogP contribution in [0.1, 0.15) is 109 Å². The highest BCUT2D eigenvalue weighted by Crippen LogP contribution is 2.40. The standard InChI is InChI=1S/2C21H37N3O7S2Si.C15H34N2O3SSi.C12H17N3O6S2.C9H21BrOSi/c2*1-21(2,3)34(4,5)31-16-8-11-23(13-12-22-14-17-32(27,28)18-15-22)33(29,30)20-10-7-6-9-19(20)24(25)26;1-15(2,3)22(4,5)20-12-6-7-16-8-9-17-10-13-21(18,19)14-11-17;16-15(17)11-3-1-2-4-12(11)23(20,21)13-5-6-14-7-9-22(18,19)10-8-14;1-9(2,3)12(4,5)11-8-6-7-10/h2*6-7,9-10H,8,11-18H2,1-5H3;16H,6-14H2,1-5H3;1-4,13H,5-10H2;6-8H2,1-5H3. The highest BCUT2D eigenvalue weighted by atomic mass is 79.9. The summed E-state index contributed by atoms with van der Waals surface area (Å²) < 4.78 is 200. The van der Waals surface area contributed by atoms with E-state index in [0.717, 1.165) is 57.1 Å². The molecule has 0 atom stereocenters. The van der Waals surface area contributed by atoms with Gasteiger partial charge in [-0.15, -0.1) is 0 Å². The number of nitrogens with one attached hydrogen (secondary N) is 2. The Labute approximate surface area is 760 Å². The van der Waals surface area contributed by atoms with Gasteiger partial charge in [0.1, 0.15) is 0 Å². The molecule has 0 aliphatic carbocycles. The second-order valence-electron chi connectivity index (χ2n) is 37.6. The molecule has 0 bridgehead atoms. The molecule has 4 heterocycles. The molecule has 0 saturated carbocycles. The zero-order valence-electron chi connectivity index (χ0n) is 77.4. The molecular weight excluding hydrogens is 1890 g/mol. The predicted molar refractivity (Wildman–Crippen MR) is 510 cm³/mol. The molecule has 0 aromatic heterocycles. The van der Waals surface area contributed by atoms with Crippen LogP contribution < -0.4 is 10.0 Å². The van der Waals surface area contributed by atoms with Gasteiger partial charge in [-0.3, -0.25) is 30.3 Å². The van der Waals surface area contributed by atoms with E-state index in [4.69, 9.17) is 17.7 Å². The number of nitro groups is 3. The van der Waals surface area contributed by atoms with Crippen LogP contribution in [0.4, 0.5) is 17.1 Å². The Hall–Kier alpha value is -3.62. The van der Waals surface area contributed by atoms with Gasteiger partial charge in [0.25, 0.3) is 17.1 Å². The first-order valence-corrected chi connectivity index (χ1v) is 66.8. The largest absolute Gasteiger partial charge is 0.417 e. The summed E-state index contributed by atoms with van der Waals surface area (Å²) in [6.07, 6.45) is 3.04. The number of benzene rings is 3. The molecule has 0 amide bonds. The fourth-order valence-electron chi connectivity index (χ4n) is 11.6. The molecule has 47 heteroatoms. The second-order valence-corrected chi connectivity index (χ2v) is 72.4. The van der Waals surface area contributed by atoms with Crippen LogP contribution in [-0.2, 0) is 87.1 Å². The molecule has 4 aliphatic rings. The number of hydrogen-bond acceptors (Lipinski definition) is 29. The number of sulfone groups is 4. The Morgan fingerprint density at radius 3 is 0.904 bits per heavy atom. The highest BCUT2D eigenvalue weighted by Gasteiger charge is 2.42. The molecule has 7 rings (SSSR count). The van der Waals surface area contributed by atoms with Crippen LogP contribution in [0.5, 0.6) is 0 Å². The summed E-state index contributed by atoms with van der Waals surface area (Å²) in [7, 11) is -31.2. The van der Waals surface area contributed by atoms with Crippen LogP contribution in [0.25, 0.3) is 0 Å². The molecule has 125 heavy (non-hydrogen) atoms. The molecule has 2 N–H and O–H groups in total. The number of nitro benzene ring substituents is 3. The number of rotatable bonds is 40. The molecule has 4 saturated heterocycles. The number of hydrogen-bond donors (Lipinski definition) is 2. The van der Waals surface area contributed by atoms with Crippen LogP contribution in [0, 0.1) is 30.3 Å². The Balaban J connectivity index is 0.000000418. The molecule has 0 unspecified atom stereocenters. The minimum Gasteiger partial charge on any atom is -0.417 e. The summed E-state index contributed by atoms with van der Waals surface area (Å²) in [6.45, 7) is 54.4. The number of halogens is 1. The fraction of sp³-hybridized carbons (Fsp3) is 0.769. The van der Waals surface area contributed by atoms with Gasteiger partial charge in [0, 0.05) is 168 Å². The summed E-state index contributed by atoms with van der Waals surface area (Å²) in [5, 5.41) is 39.0. The molecule has 0 spiro atoms. The third kappa shape index (κ3) is 40.0. The molecule has 4 aliphatic heterocycles. The minimum absolute atomic E-state index is 0.0258. The fourth-order valence-corrected chi connectivity index (χ4v) is 25.7. The van der Waals surface area contributed by atoms with E-state index >= 15 is 0 Å². The third-order valence-electron chi connectivity index (χ3n) is 24.1. The summed E-state index contributed by atoms with van der Waals surface area (Å²) in [4.78, 5) is 38.5. The van der Waals surface area contributed by atoms with Crippen molar-refractivity contribution in [3.8, 4) is 0 Å². The maximum Gasteiger partial charge on any atom is 0.289 e. The molecular formula is C78H146BrN11O24S7Si4. The summed E-state index contributed by atoms with van der Waals surface area (Å²) >= 11 is 3.40. The maximum atomic E-state index is 13.5. The van der Waals surface area contributed by atoms with Crippen LogP contribution in [0.15, 0.2) is 87.5 Å². The van der Waals surface area contributed by atoms with Crippen molar-refractivity contribution in [1.29, 1.82) is 0 Å². The van der Waals surface area contributed by atoms with E-state index in [0.29, 0.717) is 115 Å².